The molecule has 10 aromatic rings. The highest BCUT2D eigenvalue weighted by atomic mass is 14.9. The van der Waals surface area contributed by atoms with Crippen molar-refractivity contribution in [1.29, 1.82) is 0 Å². The summed E-state index contributed by atoms with van der Waals surface area (Å²) < 4.78 is 0. The molecule has 2 nitrogen and oxygen atoms in total. The van der Waals surface area contributed by atoms with Crippen molar-refractivity contribution >= 4 is 21.5 Å². The van der Waals surface area contributed by atoms with Crippen LogP contribution in [0.25, 0.3) is 100.0 Å². The fourth-order valence-corrected chi connectivity index (χ4v) is 9.24. The van der Waals surface area contributed by atoms with E-state index in [0.717, 1.165) is 44.6 Å². The van der Waals surface area contributed by atoms with Crippen LogP contribution in [0.4, 0.5) is 0 Å². The summed E-state index contributed by atoms with van der Waals surface area (Å²) in [5, 5.41) is 4.96. The number of nitrogens with zero attached hydrogens (tertiary/aromatic N) is 2. The molecule has 0 bridgehead atoms. The second-order valence-corrected chi connectivity index (χ2v) is 16.2. The lowest BCUT2D eigenvalue weighted by Gasteiger charge is -2.22. The summed E-state index contributed by atoms with van der Waals surface area (Å²) in [6.45, 7) is 4.74. The van der Waals surface area contributed by atoms with E-state index in [-0.39, 0.29) is 5.41 Å². The van der Waals surface area contributed by atoms with E-state index in [4.69, 9.17) is 9.97 Å². The van der Waals surface area contributed by atoms with Gasteiger partial charge in [-0.25, -0.2) is 9.97 Å². The van der Waals surface area contributed by atoms with Crippen LogP contribution in [0.3, 0.4) is 0 Å². The van der Waals surface area contributed by atoms with Gasteiger partial charge < -0.3 is 0 Å². The van der Waals surface area contributed by atoms with Crippen LogP contribution in [-0.2, 0) is 5.41 Å². The molecule has 0 fully saturated rings. The van der Waals surface area contributed by atoms with Gasteiger partial charge in [0.2, 0.25) is 0 Å². The zero-order chi connectivity index (χ0) is 39.5. The van der Waals surface area contributed by atoms with Crippen LogP contribution < -0.4 is 0 Å². The molecule has 0 N–H and O–H groups in total. The molecule has 0 aliphatic heterocycles. The summed E-state index contributed by atoms with van der Waals surface area (Å²) in [7, 11) is 0. The van der Waals surface area contributed by atoms with Gasteiger partial charge in [0.15, 0.2) is 5.82 Å². The Hall–Kier alpha value is -7.42. The van der Waals surface area contributed by atoms with Crippen molar-refractivity contribution in [3.05, 3.63) is 217 Å². The molecule has 1 aliphatic carbocycles. The van der Waals surface area contributed by atoms with Crippen LogP contribution in [0.2, 0.25) is 0 Å². The Morgan fingerprint density at radius 1 is 0.322 bits per heavy atom. The first-order chi connectivity index (χ1) is 29.0. The molecule has 59 heavy (non-hydrogen) atoms. The largest absolute Gasteiger partial charge is 0.228 e. The van der Waals surface area contributed by atoms with E-state index < -0.39 is 0 Å². The zero-order valence-electron chi connectivity index (χ0n) is 33.0. The Kier molecular flexibility index (Phi) is 8.20. The molecule has 0 radical (unpaired) electrons. The molecule has 1 aliphatic rings. The van der Waals surface area contributed by atoms with E-state index >= 15 is 0 Å². The van der Waals surface area contributed by atoms with Gasteiger partial charge in [0.25, 0.3) is 0 Å². The van der Waals surface area contributed by atoms with Crippen molar-refractivity contribution in [1.82, 2.24) is 9.97 Å². The molecule has 1 aromatic heterocycles. The van der Waals surface area contributed by atoms with Crippen molar-refractivity contribution in [2.45, 2.75) is 19.3 Å². The molecule has 0 atom stereocenters. The summed E-state index contributed by atoms with van der Waals surface area (Å²) in [4.78, 5) is 10.6. The quantitative estimate of drug-likeness (QED) is 0.169. The van der Waals surface area contributed by atoms with Crippen LogP contribution in [0.15, 0.2) is 206 Å². The summed E-state index contributed by atoms with van der Waals surface area (Å²) in [5.41, 5.74) is 17.3. The van der Waals surface area contributed by atoms with E-state index in [1.807, 2.05) is 0 Å². The zero-order valence-corrected chi connectivity index (χ0v) is 33.0. The molecule has 0 unspecified atom stereocenters. The molecule has 11 rings (SSSR count). The number of hydrogen-bond donors (Lipinski definition) is 0. The fourth-order valence-electron chi connectivity index (χ4n) is 9.24. The maximum absolute atomic E-state index is 5.34. The van der Waals surface area contributed by atoms with E-state index in [1.54, 1.807) is 0 Å². The van der Waals surface area contributed by atoms with Crippen molar-refractivity contribution in [3.8, 4) is 78.4 Å². The minimum atomic E-state index is -0.120. The highest BCUT2D eigenvalue weighted by Gasteiger charge is 2.36. The third-order valence-electron chi connectivity index (χ3n) is 12.3. The first-order valence-electron chi connectivity index (χ1n) is 20.4. The Labute approximate surface area is 345 Å². The van der Waals surface area contributed by atoms with Crippen LogP contribution in [0, 0.1) is 0 Å². The summed E-state index contributed by atoms with van der Waals surface area (Å²) >= 11 is 0. The molecule has 0 spiro atoms. The summed E-state index contributed by atoms with van der Waals surface area (Å²) in [6, 6.07) is 74.3. The monoisotopic (exact) mass is 752 g/mol. The van der Waals surface area contributed by atoms with Crippen LogP contribution in [0.1, 0.15) is 25.0 Å². The highest BCUT2D eigenvalue weighted by Crippen LogP contribution is 2.52. The summed E-state index contributed by atoms with van der Waals surface area (Å²) in [5.74, 6) is 0.698. The fraction of sp³-hybridized carbons (Fsp3) is 0.0526. The third-order valence-corrected chi connectivity index (χ3v) is 12.3. The number of rotatable bonds is 6. The summed E-state index contributed by atoms with van der Waals surface area (Å²) in [6.07, 6.45) is 0. The van der Waals surface area contributed by atoms with Crippen molar-refractivity contribution < 1.29 is 0 Å². The molecule has 9 aromatic carbocycles. The standard InChI is InChI=1S/C57H40N2/c1-57(2)51-33-29-40-18-9-10-21-46(40)55(51)50-30-28-43(35-52(50)57)45-31-32-49(48-23-12-11-22-47(45)48)54-36-53(44-20-13-19-42(34-44)38-16-7-4-8-17-38)58-56(59-54)41-26-24-39(25-27-41)37-14-5-3-6-15-37/h3-36H,1-2H3. The van der Waals surface area contributed by atoms with Gasteiger partial charge in [-0.2, -0.15) is 0 Å². The first-order valence-corrected chi connectivity index (χ1v) is 20.4. The molecule has 1 heterocycles. The molecule has 278 valence electrons. The Balaban J connectivity index is 1.05. The van der Waals surface area contributed by atoms with Gasteiger partial charge in [-0.15, -0.1) is 0 Å². The molecule has 0 saturated heterocycles. The number of fused-ring (bicyclic) bond motifs is 6. The number of benzene rings is 9. The van der Waals surface area contributed by atoms with E-state index in [0.29, 0.717) is 5.82 Å². The second-order valence-electron chi connectivity index (χ2n) is 16.2. The Morgan fingerprint density at radius 2 is 0.864 bits per heavy atom. The smallest absolute Gasteiger partial charge is 0.160 e. The maximum Gasteiger partial charge on any atom is 0.160 e. The lowest BCUT2D eigenvalue weighted by molar-refractivity contribution is 0.661. The van der Waals surface area contributed by atoms with Gasteiger partial charge in [0.05, 0.1) is 11.4 Å². The topological polar surface area (TPSA) is 25.8 Å². The van der Waals surface area contributed by atoms with E-state index in [2.05, 4.69) is 220 Å². The minimum absolute atomic E-state index is 0.120. The predicted molar refractivity (Wildman–Crippen MR) is 247 cm³/mol. The van der Waals surface area contributed by atoms with Gasteiger partial charge >= 0.3 is 0 Å². The van der Waals surface area contributed by atoms with Crippen molar-refractivity contribution in [2.24, 2.45) is 0 Å². The van der Waals surface area contributed by atoms with Gasteiger partial charge in [0.1, 0.15) is 0 Å². The van der Waals surface area contributed by atoms with Gasteiger partial charge in [-0.3, -0.25) is 0 Å². The lowest BCUT2D eigenvalue weighted by Crippen LogP contribution is -2.15. The number of hydrogen-bond acceptors (Lipinski definition) is 2. The first kappa shape index (κ1) is 34.8. The Morgan fingerprint density at radius 3 is 1.63 bits per heavy atom. The molecular formula is C57H40N2. The molecule has 2 heteroatoms. The third kappa shape index (κ3) is 5.96. The predicted octanol–water partition coefficient (Wildman–Crippen LogP) is 15.1. The molecular weight excluding hydrogens is 713 g/mol. The van der Waals surface area contributed by atoms with Crippen LogP contribution in [0.5, 0.6) is 0 Å². The Bertz CT molecular complexity index is 3220. The normalized spacial score (nSPS) is 12.7. The van der Waals surface area contributed by atoms with Gasteiger partial charge in [0, 0.05) is 22.1 Å². The average molecular weight is 753 g/mol. The number of aromatic nitrogens is 2. The minimum Gasteiger partial charge on any atom is -0.228 e. The van der Waals surface area contributed by atoms with Crippen molar-refractivity contribution in [2.75, 3.05) is 0 Å². The van der Waals surface area contributed by atoms with Crippen LogP contribution >= 0.6 is 0 Å². The maximum atomic E-state index is 5.34. The molecule has 0 amide bonds. The SMILES string of the molecule is CC1(C)c2cc(-c3ccc(-c4cc(-c5cccc(-c6ccccc6)c5)nc(-c5ccc(-c6ccccc6)cc5)n4)c4ccccc34)ccc2-c2c1ccc1ccccc21. The van der Waals surface area contributed by atoms with E-state index in [1.165, 1.54) is 60.7 Å². The average Bonchev–Trinajstić information content (AvgIpc) is 3.54. The lowest BCUT2D eigenvalue weighted by atomic mass is 9.81. The van der Waals surface area contributed by atoms with Gasteiger partial charge in [-0.05, 0) is 95.4 Å². The van der Waals surface area contributed by atoms with E-state index in [9.17, 15) is 0 Å². The molecule has 0 saturated carbocycles. The van der Waals surface area contributed by atoms with Crippen molar-refractivity contribution in [3.63, 3.8) is 0 Å². The second kappa shape index (κ2) is 13.9. The highest BCUT2D eigenvalue weighted by molar-refractivity contribution is 6.06. The van der Waals surface area contributed by atoms with Gasteiger partial charge in [-0.1, -0.05) is 202 Å². The van der Waals surface area contributed by atoms with Crippen LogP contribution in [-0.4, -0.2) is 9.97 Å².